The molecule has 0 aromatic heterocycles. The molecule has 0 bridgehead atoms. The summed E-state index contributed by atoms with van der Waals surface area (Å²) in [5.41, 5.74) is 0.267. The minimum absolute atomic E-state index is 0.00656. The zero-order valence-electron chi connectivity index (χ0n) is 12.1. The summed E-state index contributed by atoms with van der Waals surface area (Å²) in [6.07, 6.45) is 0. The third-order valence-corrected chi connectivity index (χ3v) is 5.07. The van der Waals surface area contributed by atoms with Gasteiger partial charge in [0.1, 0.15) is 0 Å². The summed E-state index contributed by atoms with van der Waals surface area (Å²) in [4.78, 5) is 13.0. The molecule has 6 nitrogen and oxygen atoms in total. The van der Waals surface area contributed by atoms with E-state index in [2.05, 4.69) is 0 Å². The van der Waals surface area contributed by atoms with Crippen molar-refractivity contribution in [2.45, 2.75) is 11.8 Å². The lowest BCUT2D eigenvalue weighted by atomic mass is 10.1. The second-order valence-corrected chi connectivity index (χ2v) is 6.88. The maximum Gasteiger partial charge on any atom is 0.335 e. The van der Waals surface area contributed by atoms with Crippen LogP contribution in [0.2, 0.25) is 0 Å². The molecule has 0 aliphatic heterocycles. The van der Waals surface area contributed by atoms with Crippen molar-refractivity contribution >= 4 is 16.0 Å². The largest absolute Gasteiger partial charge is 0.478 e. The predicted molar refractivity (Wildman–Crippen MR) is 76.5 cm³/mol. The highest BCUT2D eigenvalue weighted by molar-refractivity contribution is 7.89. The van der Waals surface area contributed by atoms with Gasteiger partial charge in [0.05, 0.1) is 10.5 Å². The molecule has 20 heavy (non-hydrogen) atoms. The van der Waals surface area contributed by atoms with Crippen molar-refractivity contribution in [2.24, 2.45) is 0 Å². The highest BCUT2D eigenvalue weighted by atomic mass is 32.2. The Hall–Kier alpha value is -1.44. The van der Waals surface area contributed by atoms with Gasteiger partial charge in [-0.1, -0.05) is 6.07 Å². The molecule has 7 heteroatoms. The summed E-state index contributed by atoms with van der Waals surface area (Å²) in [5, 5.41) is 9.06. The van der Waals surface area contributed by atoms with Crippen LogP contribution in [0, 0.1) is 6.92 Å². The van der Waals surface area contributed by atoms with Crippen LogP contribution < -0.4 is 0 Å². The molecule has 0 spiro atoms. The van der Waals surface area contributed by atoms with Crippen molar-refractivity contribution in [1.29, 1.82) is 0 Å². The molecule has 0 saturated carbocycles. The number of hydrogen-bond donors (Lipinski definition) is 1. The Kier molecular flexibility index (Phi) is 5.27. The molecule has 112 valence electrons. The van der Waals surface area contributed by atoms with Crippen LogP contribution in [-0.2, 0) is 10.0 Å². The number of hydrogen-bond acceptors (Lipinski definition) is 4. The maximum atomic E-state index is 12.5. The summed E-state index contributed by atoms with van der Waals surface area (Å²) in [5.74, 6) is -1.13. The van der Waals surface area contributed by atoms with Crippen molar-refractivity contribution in [2.75, 3.05) is 34.2 Å². The molecule has 1 aromatic carbocycles. The van der Waals surface area contributed by atoms with E-state index in [1.807, 2.05) is 19.0 Å². The van der Waals surface area contributed by atoms with E-state index in [-0.39, 0.29) is 16.0 Å². The first-order valence-corrected chi connectivity index (χ1v) is 7.56. The van der Waals surface area contributed by atoms with E-state index in [0.717, 1.165) is 0 Å². The molecule has 0 saturated heterocycles. The van der Waals surface area contributed by atoms with E-state index in [9.17, 15) is 13.2 Å². The van der Waals surface area contributed by atoms with E-state index in [4.69, 9.17) is 5.11 Å². The number of nitrogens with zero attached hydrogens (tertiary/aromatic N) is 2. The average molecular weight is 300 g/mol. The molecule has 1 N–H and O–H groups in total. The Bertz CT molecular complexity index is 596. The number of benzene rings is 1. The van der Waals surface area contributed by atoms with E-state index < -0.39 is 16.0 Å². The molecule has 0 aliphatic carbocycles. The summed E-state index contributed by atoms with van der Waals surface area (Å²) in [6, 6.07) is 4.28. The fraction of sp³-hybridized carbons (Fsp3) is 0.462. The topological polar surface area (TPSA) is 77.9 Å². The van der Waals surface area contributed by atoms with E-state index in [0.29, 0.717) is 13.1 Å². The van der Waals surface area contributed by atoms with Gasteiger partial charge in [0.25, 0.3) is 0 Å². The predicted octanol–water partition coefficient (Wildman–Crippen LogP) is 0.875. The first-order valence-electron chi connectivity index (χ1n) is 6.12. The van der Waals surface area contributed by atoms with Crippen LogP contribution in [0.5, 0.6) is 0 Å². The van der Waals surface area contributed by atoms with E-state index in [1.54, 1.807) is 0 Å². The quantitative estimate of drug-likeness (QED) is 0.843. The van der Waals surface area contributed by atoms with Crippen LogP contribution in [0.25, 0.3) is 0 Å². The summed E-state index contributed by atoms with van der Waals surface area (Å²) in [6.45, 7) is 2.44. The first kappa shape index (κ1) is 16.6. The van der Waals surface area contributed by atoms with Gasteiger partial charge in [0.2, 0.25) is 10.0 Å². The molecule has 0 unspecified atom stereocenters. The van der Waals surface area contributed by atoms with Gasteiger partial charge in [-0.25, -0.2) is 13.2 Å². The second-order valence-electron chi connectivity index (χ2n) is 4.86. The number of likely N-dealkylation sites (N-methyl/N-ethyl adjacent to an activating group) is 2. The van der Waals surface area contributed by atoms with Crippen molar-refractivity contribution < 1.29 is 18.3 Å². The zero-order valence-corrected chi connectivity index (χ0v) is 12.9. The van der Waals surface area contributed by atoms with Crippen LogP contribution >= 0.6 is 0 Å². The summed E-state index contributed by atoms with van der Waals surface area (Å²) < 4.78 is 26.1. The number of sulfonamides is 1. The van der Waals surface area contributed by atoms with Gasteiger partial charge in [-0.3, -0.25) is 0 Å². The summed E-state index contributed by atoms with van der Waals surface area (Å²) in [7, 11) is 1.53. The highest BCUT2D eigenvalue weighted by Gasteiger charge is 2.24. The van der Waals surface area contributed by atoms with Crippen LogP contribution in [0.15, 0.2) is 23.1 Å². The van der Waals surface area contributed by atoms with Crippen molar-refractivity contribution in [1.82, 2.24) is 9.21 Å². The third kappa shape index (κ3) is 3.56. The molecule has 1 aromatic rings. The van der Waals surface area contributed by atoms with Crippen LogP contribution in [0.4, 0.5) is 0 Å². The molecule has 0 aliphatic rings. The molecule has 0 atom stereocenters. The van der Waals surface area contributed by atoms with Gasteiger partial charge >= 0.3 is 5.97 Å². The molecular weight excluding hydrogens is 280 g/mol. The molecular formula is C13H20N2O4S. The van der Waals surface area contributed by atoms with Crippen molar-refractivity contribution in [3.05, 3.63) is 29.3 Å². The standard InChI is InChI=1S/C13H20N2O4S/c1-10-11(13(16)17)6-5-7-12(10)20(18,19)15(4)9-8-14(2)3/h5-7H,8-9H2,1-4H3,(H,16,17). The maximum absolute atomic E-state index is 12.5. The van der Waals surface area contributed by atoms with E-state index >= 15 is 0 Å². The monoisotopic (exact) mass is 300 g/mol. The number of rotatable bonds is 6. The Morgan fingerprint density at radius 1 is 1.20 bits per heavy atom. The van der Waals surface area contributed by atoms with Crippen LogP contribution in [0.3, 0.4) is 0 Å². The van der Waals surface area contributed by atoms with Gasteiger partial charge < -0.3 is 10.0 Å². The minimum Gasteiger partial charge on any atom is -0.478 e. The lowest BCUT2D eigenvalue weighted by Crippen LogP contribution is -2.34. The normalized spacial score (nSPS) is 12.1. The fourth-order valence-corrected chi connectivity index (χ4v) is 3.16. The van der Waals surface area contributed by atoms with Gasteiger partial charge in [0.15, 0.2) is 0 Å². The van der Waals surface area contributed by atoms with Crippen LogP contribution in [0.1, 0.15) is 15.9 Å². The summed E-state index contributed by atoms with van der Waals surface area (Å²) >= 11 is 0. The highest BCUT2D eigenvalue weighted by Crippen LogP contribution is 2.21. The Morgan fingerprint density at radius 2 is 1.80 bits per heavy atom. The number of carboxylic acids is 1. The SMILES string of the molecule is Cc1c(C(=O)O)cccc1S(=O)(=O)N(C)CCN(C)C. The molecule has 0 fully saturated rings. The number of carboxylic acid groups (broad SMARTS) is 1. The van der Waals surface area contributed by atoms with Gasteiger partial charge in [-0.2, -0.15) is 4.31 Å². The van der Waals surface area contributed by atoms with Gasteiger partial charge in [0, 0.05) is 20.1 Å². The Labute approximate surface area is 119 Å². The second kappa shape index (κ2) is 6.34. The smallest absolute Gasteiger partial charge is 0.335 e. The fourth-order valence-electron chi connectivity index (χ4n) is 1.75. The minimum atomic E-state index is -3.68. The average Bonchev–Trinajstić information content (AvgIpc) is 2.35. The zero-order chi connectivity index (χ0) is 15.5. The van der Waals surface area contributed by atoms with E-state index in [1.165, 1.54) is 36.5 Å². The third-order valence-electron chi connectivity index (χ3n) is 3.06. The lowest BCUT2D eigenvalue weighted by Gasteiger charge is -2.20. The molecule has 1 rings (SSSR count). The Balaban J connectivity index is 3.16. The molecule has 0 amide bonds. The van der Waals surface area contributed by atoms with Crippen molar-refractivity contribution in [3.63, 3.8) is 0 Å². The first-order chi connectivity index (χ1) is 9.17. The lowest BCUT2D eigenvalue weighted by molar-refractivity contribution is 0.0696. The van der Waals surface area contributed by atoms with Crippen molar-refractivity contribution in [3.8, 4) is 0 Å². The van der Waals surface area contributed by atoms with Gasteiger partial charge in [-0.05, 0) is 38.7 Å². The Morgan fingerprint density at radius 3 is 2.30 bits per heavy atom. The van der Waals surface area contributed by atoms with Gasteiger partial charge in [-0.15, -0.1) is 0 Å². The number of aromatic carboxylic acids is 1. The molecule has 0 heterocycles. The molecule has 0 radical (unpaired) electrons. The number of carbonyl (C=O) groups is 1. The van der Waals surface area contributed by atoms with Crippen LogP contribution in [-0.4, -0.2) is 62.9 Å².